The van der Waals surface area contributed by atoms with Crippen molar-refractivity contribution in [1.82, 2.24) is 9.78 Å². The van der Waals surface area contributed by atoms with Gasteiger partial charge in [0.1, 0.15) is 12.4 Å². The normalized spacial score (nSPS) is 12.4. The monoisotopic (exact) mass is 260 g/mol. The highest BCUT2D eigenvalue weighted by Crippen LogP contribution is 2.27. The van der Waals surface area contributed by atoms with Gasteiger partial charge in [-0.1, -0.05) is 12.1 Å². The van der Waals surface area contributed by atoms with E-state index in [1.165, 1.54) is 0 Å². The quantitative estimate of drug-likeness (QED) is 0.899. The third kappa shape index (κ3) is 3.35. The van der Waals surface area contributed by atoms with E-state index in [1.54, 1.807) is 13.1 Å². The average molecular weight is 260 g/mol. The van der Waals surface area contributed by atoms with E-state index in [9.17, 15) is 5.11 Å². The first-order valence-electron chi connectivity index (χ1n) is 6.53. The molecule has 1 unspecified atom stereocenters. The molecule has 1 aromatic carbocycles. The van der Waals surface area contributed by atoms with Crippen LogP contribution in [-0.4, -0.2) is 14.9 Å². The number of rotatable bonds is 5. The Morgan fingerprint density at radius 2 is 2.21 bits per heavy atom. The second-order valence-electron chi connectivity index (χ2n) is 4.71. The van der Waals surface area contributed by atoms with Crippen molar-refractivity contribution in [2.45, 2.75) is 40.0 Å². The van der Waals surface area contributed by atoms with Gasteiger partial charge in [-0.05, 0) is 32.4 Å². The smallest absolute Gasteiger partial charge is 0.125 e. The summed E-state index contributed by atoms with van der Waals surface area (Å²) in [4.78, 5) is 0. The molecule has 2 rings (SSSR count). The molecule has 0 fully saturated rings. The molecule has 4 heteroatoms. The molecular formula is C15H20N2O2. The Bertz CT molecular complexity index is 547. The Kier molecular flexibility index (Phi) is 4.22. The molecular weight excluding hydrogens is 240 g/mol. The third-order valence-electron chi connectivity index (χ3n) is 3.02. The highest BCUT2D eigenvalue weighted by molar-refractivity contribution is 5.38. The van der Waals surface area contributed by atoms with E-state index >= 15 is 0 Å². The van der Waals surface area contributed by atoms with Crippen LogP contribution in [0.3, 0.4) is 0 Å². The van der Waals surface area contributed by atoms with Crippen molar-refractivity contribution in [3.05, 3.63) is 47.3 Å². The lowest BCUT2D eigenvalue weighted by molar-refractivity contribution is 0.190. The molecule has 0 saturated heterocycles. The predicted molar refractivity (Wildman–Crippen MR) is 74.0 cm³/mol. The molecule has 4 nitrogen and oxygen atoms in total. The molecule has 0 radical (unpaired) electrons. The van der Waals surface area contributed by atoms with Gasteiger partial charge in [-0.2, -0.15) is 5.10 Å². The standard InChI is InChI=1S/C15H20N2O2/c1-4-17-9-13(8-16-17)10-19-15-7-11(2)5-6-14(15)12(3)18/h5-9,12,18H,4,10H2,1-3H3. The Balaban J connectivity index is 2.12. The van der Waals surface area contributed by atoms with Gasteiger partial charge in [0, 0.05) is 23.9 Å². The molecule has 1 atom stereocenters. The van der Waals surface area contributed by atoms with Gasteiger partial charge >= 0.3 is 0 Å². The fourth-order valence-corrected chi connectivity index (χ4v) is 1.93. The SMILES string of the molecule is CCn1cc(COc2cc(C)ccc2C(C)O)cn1. The maximum absolute atomic E-state index is 9.74. The van der Waals surface area contributed by atoms with Crippen LogP contribution in [0, 0.1) is 6.92 Å². The number of benzene rings is 1. The molecule has 0 spiro atoms. The Labute approximate surface area is 113 Å². The number of nitrogens with zero attached hydrogens (tertiary/aromatic N) is 2. The van der Waals surface area contributed by atoms with Crippen molar-refractivity contribution in [2.24, 2.45) is 0 Å². The highest BCUT2D eigenvalue weighted by atomic mass is 16.5. The zero-order valence-corrected chi connectivity index (χ0v) is 11.6. The molecule has 0 saturated carbocycles. The fourth-order valence-electron chi connectivity index (χ4n) is 1.93. The van der Waals surface area contributed by atoms with Crippen molar-refractivity contribution in [2.75, 3.05) is 0 Å². The lowest BCUT2D eigenvalue weighted by Gasteiger charge is -2.13. The first-order valence-corrected chi connectivity index (χ1v) is 6.53. The molecule has 19 heavy (non-hydrogen) atoms. The van der Waals surface area contributed by atoms with Gasteiger partial charge in [0.2, 0.25) is 0 Å². The molecule has 0 bridgehead atoms. The van der Waals surface area contributed by atoms with E-state index in [0.29, 0.717) is 6.61 Å². The van der Waals surface area contributed by atoms with Gasteiger partial charge in [-0.25, -0.2) is 0 Å². The number of aliphatic hydroxyl groups is 1. The summed E-state index contributed by atoms with van der Waals surface area (Å²) in [6.07, 6.45) is 3.24. The second-order valence-corrected chi connectivity index (χ2v) is 4.71. The van der Waals surface area contributed by atoms with Crippen LogP contribution < -0.4 is 4.74 Å². The lowest BCUT2D eigenvalue weighted by atomic mass is 10.1. The summed E-state index contributed by atoms with van der Waals surface area (Å²) in [6, 6.07) is 5.83. The summed E-state index contributed by atoms with van der Waals surface area (Å²) in [5, 5.41) is 13.9. The summed E-state index contributed by atoms with van der Waals surface area (Å²) in [5.41, 5.74) is 2.96. The van der Waals surface area contributed by atoms with E-state index in [2.05, 4.69) is 5.10 Å². The minimum atomic E-state index is -0.533. The Hall–Kier alpha value is -1.81. The average Bonchev–Trinajstić information content (AvgIpc) is 2.84. The lowest BCUT2D eigenvalue weighted by Crippen LogP contribution is -2.01. The number of hydrogen-bond donors (Lipinski definition) is 1. The van der Waals surface area contributed by atoms with Gasteiger partial charge in [0.15, 0.2) is 0 Å². The van der Waals surface area contributed by atoms with Crippen LogP contribution >= 0.6 is 0 Å². The molecule has 102 valence electrons. The molecule has 0 aliphatic carbocycles. The van der Waals surface area contributed by atoms with Crippen molar-refractivity contribution in [1.29, 1.82) is 0 Å². The highest BCUT2D eigenvalue weighted by Gasteiger charge is 2.10. The number of hydrogen-bond acceptors (Lipinski definition) is 3. The molecule has 0 amide bonds. The maximum atomic E-state index is 9.74. The van der Waals surface area contributed by atoms with Gasteiger partial charge in [-0.15, -0.1) is 0 Å². The predicted octanol–water partition coefficient (Wildman–Crippen LogP) is 2.84. The van der Waals surface area contributed by atoms with Crippen molar-refractivity contribution in [3.63, 3.8) is 0 Å². The van der Waals surface area contributed by atoms with Crippen LogP contribution in [0.25, 0.3) is 0 Å². The summed E-state index contributed by atoms with van der Waals surface area (Å²) in [5.74, 6) is 0.735. The summed E-state index contributed by atoms with van der Waals surface area (Å²) >= 11 is 0. The number of aryl methyl sites for hydroxylation is 2. The van der Waals surface area contributed by atoms with Crippen LogP contribution in [0.4, 0.5) is 0 Å². The van der Waals surface area contributed by atoms with E-state index in [0.717, 1.165) is 29.0 Å². The van der Waals surface area contributed by atoms with Crippen LogP contribution in [0.1, 0.15) is 36.6 Å². The summed E-state index contributed by atoms with van der Waals surface area (Å²) < 4.78 is 7.68. The van der Waals surface area contributed by atoms with E-state index in [1.807, 2.05) is 42.9 Å². The second kappa shape index (κ2) is 5.89. The minimum absolute atomic E-state index is 0.461. The Morgan fingerprint density at radius 3 is 2.84 bits per heavy atom. The van der Waals surface area contributed by atoms with Crippen LogP contribution in [0.5, 0.6) is 5.75 Å². The number of aliphatic hydroxyl groups excluding tert-OH is 1. The number of ether oxygens (including phenoxy) is 1. The van der Waals surface area contributed by atoms with Crippen molar-refractivity contribution in [3.8, 4) is 5.75 Å². The maximum Gasteiger partial charge on any atom is 0.125 e. The van der Waals surface area contributed by atoms with Crippen molar-refractivity contribution < 1.29 is 9.84 Å². The van der Waals surface area contributed by atoms with Crippen molar-refractivity contribution >= 4 is 0 Å². The van der Waals surface area contributed by atoms with Crippen LogP contribution in [0.2, 0.25) is 0 Å². The topological polar surface area (TPSA) is 47.3 Å². The zero-order chi connectivity index (χ0) is 13.8. The largest absolute Gasteiger partial charge is 0.488 e. The minimum Gasteiger partial charge on any atom is -0.488 e. The first kappa shape index (κ1) is 13.6. The zero-order valence-electron chi connectivity index (χ0n) is 11.6. The van der Waals surface area contributed by atoms with Gasteiger partial charge < -0.3 is 9.84 Å². The van der Waals surface area contributed by atoms with E-state index < -0.39 is 6.10 Å². The molecule has 1 N–H and O–H groups in total. The fraction of sp³-hybridized carbons (Fsp3) is 0.400. The summed E-state index contributed by atoms with van der Waals surface area (Å²) in [6.45, 7) is 7.11. The summed E-state index contributed by atoms with van der Waals surface area (Å²) in [7, 11) is 0. The molecule has 0 aliphatic rings. The number of aromatic nitrogens is 2. The van der Waals surface area contributed by atoms with E-state index in [-0.39, 0.29) is 0 Å². The third-order valence-corrected chi connectivity index (χ3v) is 3.02. The first-order chi connectivity index (χ1) is 9.10. The van der Waals surface area contributed by atoms with Gasteiger partial charge in [-0.3, -0.25) is 4.68 Å². The molecule has 1 aromatic heterocycles. The van der Waals surface area contributed by atoms with Gasteiger partial charge in [0.05, 0.1) is 12.3 Å². The molecule has 2 aromatic rings. The molecule has 0 aliphatic heterocycles. The van der Waals surface area contributed by atoms with Crippen LogP contribution in [-0.2, 0) is 13.2 Å². The van der Waals surface area contributed by atoms with Gasteiger partial charge in [0.25, 0.3) is 0 Å². The molecule has 1 heterocycles. The Morgan fingerprint density at radius 1 is 1.42 bits per heavy atom. The van der Waals surface area contributed by atoms with E-state index in [4.69, 9.17) is 4.74 Å². The van der Waals surface area contributed by atoms with Crippen LogP contribution in [0.15, 0.2) is 30.6 Å².